The van der Waals surface area contributed by atoms with E-state index in [0.29, 0.717) is 12.3 Å². The van der Waals surface area contributed by atoms with Crippen molar-refractivity contribution in [2.75, 3.05) is 5.75 Å². The molecule has 0 bridgehead atoms. The number of hydrogen-bond donors (Lipinski definition) is 0. The fourth-order valence-electron chi connectivity index (χ4n) is 1.85. The van der Waals surface area contributed by atoms with Gasteiger partial charge in [0.2, 0.25) is 5.91 Å². The fourth-order valence-corrected chi connectivity index (χ4v) is 2.49. The predicted octanol–water partition coefficient (Wildman–Crippen LogP) is 3.53. The van der Waals surface area contributed by atoms with Crippen LogP contribution >= 0.6 is 11.8 Å². The fraction of sp³-hybridized carbons (Fsp3) is 0.400. The molecule has 1 aliphatic rings. The Labute approximate surface area is 113 Å². The first-order valence-electron chi connectivity index (χ1n) is 6.14. The molecule has 0 unspecified atom stereocenters. The third-order valence-corrected chi connectivity index (χ3v) is 3.76. The number of nitrogens with zero attached hydrogens (tertiary/aromatic N) is 1. The maximum Gasteiger partial charge on any atom is 0.237 e. The first-order chi connectivity index (χ1) is 8.47. The molecule has 0 radical (unpaired) electrons. The van der Waals surface area contributed by atoms with Gasteiger partial charge >= 0.3 is 0 Å². The molecule has 3 heteroatoms. The van der Waals surface area contributed by atoms with Crippen molar-refractivity contribution in [3.8, 4) is 0 Å². The summed E-state index contributed by atoms with van der Waals surface area (Å²) in [6, 6.07) is 8.54. The first-order valence-corrected chi connectivity index (χ1v) is 7.19. The molecule has 0 spiro atoms. The van der Waals surface area contributed by atoms with Gasteiger partial charge in [-0.05, 0) is 21.9 Å². The summed E-state index contributed by atoms with van der Waals surface area (Å²) in [4.78, 5) is 13.5. The Hall–Kier alpha value is -1.22. The number of carbonyl (C=O) groups excluding carboxylic acids is 1. The third-order valence-electron chi connectivity index (χ3n) is 3.04. The van der Waals surface area contributed by atoms with Crippen LogP contribution in [0, 0.1) is 0 Å². The van der Waals surface area contributed by atoms with Crippen LogP contribution in [0.2, 0.25) is 0 Å². The van der Waals surface area contributed by atoms with Crippen LogP contribution in [0.3, 0.4) is 0 Å². The van der Waals surface area contributed by atoms with E-state index in [1.54, 1.807) is 16.7 Å². The lowest BCUT2D eigenvalue weighted by atomic mass is 9.87. The Morgan fingerprint density at radius 3 is 2.44 bits per heavy atom. The Morgan fingerprint density at radius 2 is 1.89 bits per heavy atom. The van der Waals surface area contributed by atoms with Gasteiger partial charge in [0.25, 0.3) is 0 Å². The standard InChI is InChI=1S/C15H19NOS/c1-15(2,3)13-6-4-12(5-7-13)10-16-8-9-18-11-14(16)17/h4-9H,10-11H2,1-3H3. The van der Waals surface area contributed by atoms with Crippen molar-refractivity contribution in [3.05, 3.63) is 47.0 Å². The van der Waals surface area contributed by atoms with Gasteiger partial charge in [0, 0.05) is 6.20 Å². The summed E-state index contributed by atoms with van der Waals surface area (Å²) in [6.07, 6.45) is 1.87. The minimum absolute atomic E-state index is 0.177. The highest BCUT2D eigenvalue weighted by Gasteiger charge is 2.16. The van der Waals surface area contributed by atoms with Crippen molar-refractivity contribution < 1.29 is 4.79 Å². The van der Waals surface area contributed by atoms with E-state index in [0.717, 1.165) is 0 Å². The summed E-state index contributed by atoms with van der Waals surface area (Å²) >= 11 is 1.55. The molecule has 1 amide bonds. The van der Waals surface area contributed by atoms with E-state index >= 15 is 0 Å². The number of carbonyl (C=O) groups is 1. The van der Waals surface area contributed by atoms with Crippen molar-refractivity contribution in [3.63, 3.8) is 0 Å². The summed E-state index contributed by atoms with van der Waals surface area (Å²) in [7, 11) is 0. The second kappa shape index (κ2) is 5.19. The average molecular weight is 261 g/mol. The molecule has 96 valence electrons. The van der Waals surface area contributed by atoms with Gasteiger partial charge in [0.05, 0.1) is 12.3 Å². The van der Waals surface area contributed by atoms with Gasteiger partial charge in [0.15, 0.2) is 0 Å². The predicted molar refractivity (Wildman–Crippen MR) is 77.3 cm³/mol. The smallest absolute Gasteiger partial charge is 0.237 e. The number of benzene rings is 1. The van der Waals surface area contributed by atoms with Gasteiger partial charge in [-0.1, -0.05) is 45.0 Å². The van der Waals surface area contributed by atoms with Gasteiger partial charge in [-0.15, -0.1) is 11.8 Å². The lowest BCUT2D eigenvalue weighted by Crippen LogP contribution is -2.28. The minimum atomic E-state index is 0.177. The molecule has 1 aromatic rings. The van der Waals surface area contributed by atoms with E-state index in [1.165, 1.54) is 11.1 Å². The molecule has 1 aliphatic heterocycles. The number of rotatable bonds is 2. The second-order valence-electron chi connectivity index (χ2n) is 5.56. The van der Waals surface area contributed by atoms with E-state index in [9.17, 15) is 4.79 Å². The Kier molecular flexibility index (Phi) is 3.81. The average Bonchev–Trinajstić information content (AvgIpc) is 2.32. The van der Waals surface area contributed by atoms with Crippen LogP contribution in [0.5, 0.6) is 0 Å². The molecule has 1 aromatic carbocycles. The highest BCUT2D eigenvalue weighted by molar-refractivity contribution is 8.02. The Morgan fingerprint density at radius 1 is 1.22 bits per heavy atom. The maximum absolute atomic E-state index is 11.7. The summed E-state index contributed by atoms with van der Waals surface area (Å²) in [6.45, 7) is 7.28. The zero-order valence-electron chi connectivity index (χ0n) is 11.1. The molecule has 0 N–H and O–H groups in total. The van der Waals surface area contributed by atoms with Crippen LogP contribution in [0.15, 0.2) is 35.9 Å². The van der Waals surface area contributed by atoms with Crippen molar-refractivity contribution in [2.45, 2.75) is 32.7 Å². The highest BCUT2D eigenvalue weighted by Crippen LogP contribution is 2.23. The van der Waals surface area contributed by atoms with Gasteiger partial charge in [-0.25, -0.2) is 0 Å². The van der Waals surface area contributed by atoms with Gasteiger partial charge in [0.1, 0.15) is 0 Å². The van der Waals surface area contributed by atoms with E-state index in [4.69, 9.17) is 0 Å². The minimum Gasteiger partial charge on any atom is -0.313 e. The van der Waals surface area contributed by atoms with Crippen molar-refractivity contribution >= 4 is 17.7 Å². The maximum atomic E-state index is 11.7. The molecule has 0 saturated carbocycles. The summed E-state index contributed by atoms with van der Waals surface area (Å²) in [5, 5.41) is 1.98. The van der Waals surface area contributed by atoms with E-state index in [2.05, 4.69) is 45.0 Å². The van der Waals surface area contributed by atoms with Crippen LogP contribution < -0.4 is 0 Å². The summed E-state index contributed by atoms with van der Waals surface area (Å²) in [5.41, 5.74) is 2.67. The SMILES string of the molecule is CC(C)(C)c1ccc(CN2C=CSCC2=O)cc1. The summed E-state index contributed by atoms with van der Waals surface area (Å²) in [5.74, 6) is 0.735. The number of amides is 1. The first kappa shape index (κ1) is 13.2. The van der Waals surface area contributed by atoms with Crippen molar-refractivity contribution in [2.24, 2.45) is 0 Å². The van der Waals surface area contributed by atoms with E-state index < -0.39 is 0 Å². The molecule has 2 nitrogen and oxygen atoms in total. The van der Waals surface area contributed by atoms with E-state index in [-0.39, 0.29) is 11.3 Å². The van der Waals surface area contributed by atoms with Crippen LogP contribution in [-0.2, 0) is 16.8 Å². The number of thioether (sulfide) groups is 1. The molecule has 0 fully saturated rings. The molecular formula is C15H19NOS. The van der Waals surface area contributed by atoms with Gasteiger partial charge in [-0.3, -0.25) is 4.79 Å². The quantitative estimate of drug-likeness (QED) is 0.811. The molecule has 18 heavy (non-hydrogen) atoms. The molecule has 0 saturated heterocycles. The highest BCUT2D eigenvalue weighted by atomic mass is 32.2. The molecule has 2 rings (SSSR count). The largest absolute Gasteiger partial charge is 0.313 e. The Balaban J connectivity index is 2.09. The third kappa shape index (κ3) is 3.16. The van der Waals surface area contributed by atoms with Gasteiger partial charge in [-0.2, -0.15) is 0 Å². The van der Waals surface area contributed by atoms with Gasteiger partial charge < -0.3 is 4.90 Å². The summed E-state index contributed by atoms with van der Waals surface area (Å²) < 4.78 is 0. The molecule has 0 aromatic heterocycles. The van der Waals surface area contributed by atoms with Crippen LogP contribution in [0.4, 0.5) is 0 Å². The monoisotopic (exact) mass is 261 g/mol. The lowest BCUT2D eigenvalue weighted by Gasteiger charge is -2.22. The van der Waals surface area contributed by atoms with Crippen LogP contribution in [-0.4, -0.2) is 16.6 Å². The Bertz CT molecular complexity index is 456. The molecule has 0 aliphatic carbocycles. The zero-order chi connectivity index (χ0) is 13.2. The topological polar surface area (TPSA) is 20.3 Å². The van der Waals surface area contributed by atoms with E-state index in [1.807, 2.05) is 11.6 Å². The van der Waals surface area contributed by atoms with Crippen LogP contribution in [0.25, 0.3) is 0 Å². The van der Waals surface area contributed by atoms with Crippen molar-refractivity contribution in [1.82, 2.24) is 4.90 Å². The molecule has 0 atom stereocenters. The molecule has 1 heterocycles. The normalized spacial score (nSPS) is 16.2. The van der Waals surface area contributed by atoms with Crippen molar-refractivity contribution in [1.29, 1.82) is 0 Å². The molecular weight excluding hydrogens is 242 g/mol. The van der Waals surface area contributed by atoms with Crippen LogP contribution in [0.1, 0.15) is 31.9 Å². The second-order valence-corrected chi connectivity index (χ2v) is 6.46. The number of hydrogen-bond acceptors (Lipinski definition) is 2. The zero-order valence-corrected chi connectivity index (χ0v) is 12.0. The lowest BCUT2D eigenvalue weighted by molar-refractivity contribution is -0.126.